The van der Waals surface area contributed by atoms with Gasteiger partial charge in [-0.05, 0) is 37.6 Å². The molecule has 1 aromatic heterocycles. The van der Waals surface area contributed by atoms with Crippen LogP contribution >= 0.6 is 0 Å². The third kappa shape index (κ3) is 4.82. The van der Waals surface area contributed by atoms with Gasteiger partial charge < -0.3 is 9.47 Å². The van der Waals surface area contributed by atoms with Crippen LogP contribution in [-0.4, -0.2) is 34.6 Å². The summed E-state index contributed by atoms with van der Waals surface area (Å²) in [6.07, 6.45) is 0. The molecule has 3 rings (SSSR count). The Bertz CT molecular complexity index is 1200. The molecule has 0 bridgehead atoms. The molecule has 0 aliphatic rings. The van der Waals surface area contributed by atoms with Crippen LogP contribution in [0.15, 0.2) is 71.5 Å². The Morgan fingerprint density at radius 1 is 0.939 bits per heavy atom. The molecular formula is C24H22N2O7. The Morgan fingerprint density at radius 2 is 1.45 bits per heavy atom. The molecule has 0 N–H and O–H groups in total. The Kier molecular flexibility index (Phi) is 7.34. The number of nitro groups is 1. The molecular weight excluding hydrogens is 428 g/mol. The number of esters is 2. The zero-order chi connectivity index (χ0) is 24.0. The van der Waals surface area contributed by atoms with Crippen molar-refractivity contribution in [3.8, 4) is 16.9 Å². The van der Waals surface area contributed by atoms with Gasteiger partial charge in [-0.25, -0.2) is 0 Å². The van der Waals surface area contributed by atoms with E-state index >= 15 is 0 Å². The molecule has 170 valence electrons. The zero-order valence-electron chi connectivity index (χ0n) is 18.1. The van der Waals surface area contributed by atoms with E-state index in [1.54, 1.807) is 60.7 Å². The quantitative estimate of drug-likeness (QED) is 0.223. The second kappa shape index (κ2) is 10.4. The summed E-state index contributed by atoms with van der Waals surface area (Å²) in [5, 5.41) is 12.0. The van der Waals surface area contributed by atoms with Gasteiger partial charge in [-0.1, -0.05) is 48.5 Å². The van der Waals surface area contributed by atoms with E-state index in [2.05, 4.69) is 0 Å². The van der Waals surface area contributed by atoms with Crippen molar-refractivity contribution < 1.29 is 24.0 Å². The molecule has 0 saturated heterocycles. The number of rotatable bonds is 8. The molecule has 0 amide bonds. The van der Waals surface area contributed by atoms with E-state index in [0.717, 1.165) is 0 Å². The maximum Gasteiger partial charge on any atom is 0.339 e. The maximum atomic E-state index is 13.5. The van der Waals surface area contributed by atoms with Crippen LogP contribution in [0, 0.1) is 10.1 Å². The third-order valence-electron chi connectivity index (χ3n) is 4.83. The molecule has 0 unspecified atom stereocenters. The van der Waals surface area contributed by atoms with E-state index in [9.17, 15) is 24.5 Å². The molecule has 0 radical (unpaired) electrons. The van der Waals surface area contributed by atoms with Gasteiger partial charge in [0.05, 0.1) is 29.4 Å². The number of aromatic nitrogens is 1. The highest BCUT2D eigenvalue weighted by Gasteiger charge is 2.40. The van der Waals surface area contributed by atoms with Crippen molar-refractivity contribution in [1.29, 1.82) is 0 Å². The number of hydrogen-bond acceptors (Lipinski definition) is 7. The molecule has 0 atom stereocenters. The van der Waals surface area contributed by atoms with Crippen LogP contribution in [0.2, 0.25) is 0 Å². The van der Waals surface area contributed by atoms with Crippen molar-refractivity contribution in [2.24, 2.45) is 0 Å². The van der Waals surface area contributed by atoms with Crippen LogP contribution in [-0.2, 0) is 19.1 Å². The van der Waals surface area contributed by atoms with Crippen molar-refractivity contribution in [1.82, 2.24) is 4.57 Å². The van der Waals surface area contributed by atoms with Crippen LogP contribution in [0.5, 0.6) is 0 Å². The van der Waals surface area contributed by atoms with E-state index in [1.165, 1.54) is 24.5 Å². The van der Waals surface area contributed by atoms with Gasteiger partial charge in [0.2, 0.25) is 0 Å². The highest BCUT2D eigenvalue weighted by atomic mass is 16.6. The average Bonchev–Trinajstić information content (AvgIpc) is 2.80. The number of hydrogen-bond donors (Lipinski definition) is 0. The fraction of sp³-hybridized carbons (Fsp3) is 0.208. The summed E-state index contributed by atoms with van der Waals surface area (Å²) in [5.41, 5.74) is -1.05. The molecule has 0 aliphatic heterocycles. The fourth-order valence-corrected chi connectivity index (χ4v) is 3.48. The van der Waals surface area contributed by atoms with E-state index in [1.807, 2.05) is 0 Å². The van der Waals surface area contributed by atoms with Crippen LogP contribution in [0.4, 0.5) is 5.69 Å². The molecule has 9 heteroatoms. The zero-order valence-corrected chi connectivity index (χ0v) is 18.1. The fourth-order valence-electron chi connectivity index (χ4n) is 3.48. The minimum atomic E-state index is -1.79. The SMILES string of the molecule is CCOC(=O)C(C(=O)OCC)c1cc(-c2ccccc2)n(-c2ccccc2)c(=O)c1[N+](=O)[O-]. The standard InChI is InChI=1S/C24H22N2O7/c1-3-32-23(28)20(24(29)33-4-2)18-15-19(16-11-7-5-8-12-16)25(17-13-9-6-10-14-17)22(27)21(18)26(30)31/h5-15,20H,3-4H2,1-2H3. The van der Waals surface area contributed by atoms with Crippen molar-refractivity contribution >= 4 is 17.6 Å². The first kappa shape index (κ1) is 23.4. The van der Waals surface area contributed by atoms with Gasteiger partial charge in [-0.3, -0.25) is 29.1 Å². The van der Waals surface area contributed by atoms with Crippen molar-refractivity contribution in [2.75, 3.05) is 13.2 Å². The summed E-state index contributed by atoms with van der Waals surface area (Å²) in [6.45, 7) is 2.96. The normalized spacial score (nSPS) is 10.6. The number of carbonyl (C=O) groups is 2. The predicted octanol–water partition coefficient (Wildman–Crippen LogP) is 3.62. The van der Waals surface area contributed by atoms with E-state index in [-0.39, 0.29) is 24.5 Å². The van der Waals surface area contributed by atoms with Crippen molar-refractivity contribution in [3.63, 3.8) is 0 Å². The van der Waals surface area contributed by atoms with E-state index < -0.39 is 34.0 Å². The summed E-state index contributed by atoms with van der Waals surface area (Å²) in [4.78, 5) is 50.0. The molecule has 1 heterocycles. The Hall–Kier alpha value is -4.27. The summed E-state index contributed by atoms with van der Waals surface area (Å²) >= 11 is 0. The van der Waals surface area contributed by atoms with Crippen molar-refractivity contribution in [3.05, 3.63) is 92.8 Å². The molecule has 0 spiro atoms. The van der Waals surface area contributed by atoms with Gasteiger partial charge in [-0.2, -0.15) is 0 Å². The second-order valence-corrected chi connectivity index (χ2v) is 6.87. The summed E-state index contributed by atoms with van der Waals surface area (Å²) in [7, 11) is 0. The summed E-state index contributed by atoms with van der Waals surface area (Å²) in [5.74, 6) is -3.85. The van der Waals surface area contributed by atoms with Gasteiger partial charge in [0.1, 0.15) is 0 Å². The van der Waals surface area contributed by atoms with Crippen molar-refractivity contribution in [2.45, 2.75) is 19.8 Å². The number of nitrogens with zero attached hydrogens (tertiary/aromatic N) is 2. The minimum absolute atomic E-state index is 0.0604. The Balaban J connectivity index is 2.43. The lowest BCUT2D eigenvalue weighted by molar-refractivity contribution is -0.387. The first-order valence-electron chi connectivity index (χ1n) is 10.3. The molecule has 0 saturated carbocycles. The van der Waals surface area contributed by atoms with Gasteiger partial charge in [-0.15, -0.1) is 0 Å². The van der Waals surface area contributed by atoms with Gasteiger partial charge in [0, 0.05) is 5.69 Å². The number of para-hydroxylation sites is 1. The van der Waals surface area contributed by atoms with Gasteiger partial charge in [0.25, 0.3) is 0 Å². The largest absolute Gasteiger partial charge is 0.465 e. The number of pyridine rings is 1. The van der Waals surface area contributed by atoms with Crippen LogP contribution < -0.4 is 5.56 Å². The third-order valence-corrected chi connectivity index (χ3v) is 4.83. The lowest BCUT2D eigenvalue weighted by Crippen LogP contribution is -2.31. The monoisotopic (exact) mass is 450 g/mol. The van der Waals surface area contributed by atoms with Crippen LogP contribution in [0.1, 0.15) is 25.3 Å². The topological polar surface area (TPSA) is 118 Å². The smallest absolute Gasteiger partial charge is 0.339 e. The summed E-state index contributed by atoms with van der Waals surface area (Å²) < 4.78 is 11.2. The highest BCUT2D eigenvalue weighted by molar-refractivity contribution is 6.02. The minimum Gasteiger partial charge on any atom is -0.465 e. The molecule has 0 aliphatic carbocycles. The lowest BCUT2D eigenvalue weighted by atomic mass is 9.95. The number of carbonyl (C=O) groups excluding carboxylic acids is 2. The van der Waals surface area contributed by atoms with E-state index in [0.29, 0.717) is 11.3 Å². The van der Waals surface area contributed by atoms with Gasteiger partial charge >= 0.3 is 23.2 Å². The Morgan fingerprint density at radius 3 is 1.94 bits per heavy atom. The van der Waals surface area contributed by atoms with Gasteiger partial charge in [0.15, 0.2) is 5.92 Å². The molecule has 9 nitrogen and oxygen atoms in total. The Labute approximate surface area is 189 Å². The molecule has 3 aromatic rings. The van der Waals surface area contributed by atoms with E-state index in [4.69, 9.17) is 9.47 Å². The van der Waals surface area contributed by atoms with Crippen LogP contribution in [0.25, 0.3) is 16.9 Å². The second-order valence-electron chi connectivity index (χ2n) is 6.87. The maximum absolute atomic E-state index is 13.5. The molecule has 33 heavy (non-hydrogen) atoms. The molecule has 0 fully saturated rings. The average molecular weight is 450 g/mol. The highest BCUT2D eigenvalue weighted by Crippen LogP contribution is 2.32. The number of benzene rings is 2. The lowest BCUT2D eigenvalue weighted by Gasteiger charge is -2.19. The van der Waals surface area contributed by atoms with Crippen LogP contribution in [0.3, 0.4) is 0 Å². The first-order valence-corrected chi connectivity index (χ1v) is 10.3. The summed E-state index contributed by atoms with van der Waals surface area (Å²) in [6, 6.07) is 18.4. The predicted molar refractivity (Wildman–Crippen MR) is 120 cm³/mol. The first-order chi connectivity index (χ1) is 15.9. The molecule has 2 aromatic carbocycles. The number of ether oxygens (including phenoxy) is 2.